The van der Waals surface area contributed by atoms with Crippen LogP contribution in [-0.4, -0.2) is 40.1 Å². The molecule has 110 valence electrons. The van der Waals surface area contributed by atoms with Crippen LogP contribution in [0.1, 0.15) is 29.9 Å². The Balaban J connectivity index is 2.56. The molecule has 0 radical (unpaired) electrons. The van der Waals surface area contributed by atoms with Crippen molar-refractivity contribution in [1.82, 2.24) is 5.32 Å². The molecule has 1 rings (SSSR count). The summed E-state index contributed by atoms with van der Waals surface area (Å²) >= 11 is 1.09. The average molecular weight is 300 g/mol. The molecule has 0 aliphatic carbocycles. The molecule has 7 nitrogen and oxygen atoms in total. The van der Waals surface area contributed by atoms with Crippen molar-refractivity contribution in [2.75, 3.05) is 11.9 Å². The summed E-state index contributed by atoms with van der Waals surface area (Å²) < 4.78 is 0. The molecule has 8 heteroatoms. The number of carboxylic acids is 1. The molecule has 0 saturated heterocycles. The molecule has 1 atom stereocenters. The van der Waals surface area contributed by atoms with Crippen LogP contribution >= 0.6 is 11.3 Å². The summed E-state index contributed by atoms with van der Waals surface area (Å²) in [7, 11) is 0. The van der Waals surface area contributed by atoms with E-state index in [0.29, 0.717) is 9.88 Å². The molecule has 1 aromatic rings. The van der Waals surface area contributed by atoms with Gasteiger partial charge < -0.3 is 20.8 Å². The lowest BCUT2D eigenvalue weighted by Crippen LogP contribution is -2.41. The lowest BCUT2D eigenvalue weighted by atomic mass is 10.0. The van der Waals surface area contributed by atoms with Crippen molar-refractivity contribution < 1.29 is 24.6 Å². The Hall–Kier alpha value is -1.93. The molecular formula is C12H16N2O5S. The van der Waals surface area contributed by atoms with Gasteiger partial charge in [0.15, 0.2) is 0 Å². The molecule has 0 aromatic carbocycles. The largest absolute Gasteiger partial charge is 0.481 e. The van der Waals surface area contributed by atoms with Crippen LogP contribution in [-0.2, 0) is 9.59 Å². The van der Waals surface area contributed by atoms with E-state index in [1.165, 1.54) is 19.9 Å². The van der Waals surface area contributed by atoms with Crippen molar-refractivity contribution in [3.8, 4) is 0 Å². The molecule has 1 heterocycles. The van der Waals surface area contributed by atoms with Crippen LogP contribution < -0.4 is 10.6 Å². The van der Waals surface area contributed by atoms with E-state index in [4.69, 9.17) is 5.11 Å². The first-order chi connectivity index (χ1) is 9.19. The van der Waals surface area contributed by atoms with Crippen LogP contribution in [0.15, 0.2) is 12.1 Å². The standard InChI is InChI=1S/C12H16N2O5S/c1-7(15)14-9-4-3-8(20-9)11(18)13-6-12(2,19)5-10(16)17/h3-4,19H,5-6H2,1-2H3,(H,13,18)(H,14,15)(H,16,17). The maximum absolute atomic E-state index is 11.8. The Labute approximate surface area is 119 Å². The second-order valence-corrected chi connectivity index (χ2v) is 5.68. The van der Waals surface area contributed by atoms with Gasteiger partial charge in [-0.1, -0.05) is 0 Å². The van der Waals surface area contributed by atoms with Gasteiger partial charge in [0, 0.05) is 13.5 Å². The number of nitrogens with one attached hydrogen (secondary N) is 2. The number of rotatable bonds is 6. The number of anilines is 1. The van der Waals surface area contributed by atoms with Crippen LogP contribution in [0, 0.1) is 0 Å². The maximum Gasteiger partial charge on any atom is 0.306 e. The van der Waals surface area contributed by atoms with Gasteiger partial charge in [-0.25, -0.2) is 0 Å². The summed E-state index contributed by atoms with van der Waals surface area (Å²) in [5.74, 6) is -1.81. The van der Waals surface area contributed by atoms with E-state index < -0.39 is 23.9 Å². The second kappa shape index (κ2) is 6.49. The van der Waals surface area contributed by atoms with Crippen LogP contribution in [0.25, 0.3) is 0 Å². The minimum atomic E-state index is -1.51. The fourth-order valence-corrected chi connectivity index (χ4v) is 2.32. The highest BCUT2D eigenvalue weighted by Gasteiger charge is 2.25. The summed E-state index contributed by atoms with van der Waals surface area (Å²) in [4.78, 5) is 33.5. The zero-order valence-corrected chi connectivity index (χ0v) is 11.9. The Bertz CT molecular complexity index is 524. The Kier molecular flexibility index (Phi) is 5.23. The third-order valence-electron chi connectivity index (χ3n) is 2.29. The molecule has 0 aliphatic rings. The molecule has 0 spiro atoms. The predicted molar refractivity (Wildman–Crippen MR) is 73.8 cm³/mol. The number of hydrogen-bond donors (Lipinski definition) is 4. The van der Waals surface area contributed by atoms with Gasteiger partial charge >= 0.3 is 5.97 Å². The molecule has 0 bridgehead atoms. The minimum Gasteiger partial charge on any atom is -0.481 e. The van der Waals surface area contributed by atoms with E-state index in [1.807, 2.05) is 0 Å². The molecule has 2 amide bonds. The number of amides is 2. The first kappa shape index (κ1) is 16.1. The van der Waals surface area contributed by atoms with Gasteiger partial charge in [-0.05, 0) is 19.1 Å². The van der Waals surface area contributed by atoms with Crippen molar-refractivity contribution in [2.24, 2.45) is 0 Å². The molecule has 0 fully saturated rings. The van der Waals surface area contributed by atoms with Crippen LogP contribution in [0.2, 0.25) is 0 Å². The van der Waals surface area contributed by atoms with Gasteiger partial charge in [0.1, 0.15) is 0 Å². The zero-order valence-electron chi connectivity index (χ0n) is 11.1. The van der Waals surface area contributed by atoms with Gasteiger partial charge in [-0.3, -0.25) is 14.4 Å². The highest BCUT2D eigenvalue weighted by Crippen LogP contribution is 2.21. The van der Waals surface area contributed by atoms with Crippen LogP contribution in [0.4, 0.5) is 5.00 Å². The molecular weight excluding hydrogens is 284 g/mol. The first-order valence-corrected chi connectivity index (χ1v) is 6.61. The van der Waals surface area contributed by atoms with Crippen molar-refractivity contribution in [3.63, 3.8) is 0 Å². The van der Waals surface area contributed by atoms with E-state index in [1.54, 1.807) is 6.07 Å². The predicted octanol–water partition coefficient (Wildman–Crippen LogP) is 0.662. The minimum absolute atomic E-state index is 0.175. The first-order valence-electron chi connectivity index (χ1n) is 5.79. The molecule has 1 aromatic heterocycles. The molecule has 1 unspecified atom stereocenters. The topological polar surface area (TPSA) is 116 Å². The fraction of sp³-hybridized carbons (Fsp3) is 0.417. The fourth-order valence-electron chi connectivity index (χ4n) is 1.45. The summed E-state index contributed by atoms with van der Waals surface area (Å²) in [5.41, 5.74) is -1.51. The Morgan fingerprint density at radius 3 is 2.55 bits per heavy atom. The van der Waals surface area contributed by atoms with E-state index in [9.17, 15) is 19.5 Å². The van der Waals surface area contributed by atoms with Gasteiger partial charge in [-0.15, -0.1) is 11.3 Å². The summed E-state index contributed by atoms with van der Waals surface area (Å²) in [6, 6.07) is 3.13. The number of carboxylic acid groups (broad SMARTS) is 1. The summed E-state index contributed by atoms with van der Waals surface area (Å²) in [6.07, 6.45) is -0.463. The average Bonchev–Trinajstić information content (AvgIpc) is 2.71. The number of carbonyl (C=O) groups is 3. The van der Waals surface area contributed by atoms with E-state index in [0.717, 1.165) is 11.3 Å². The van der Waals surface area contributed by atoms with Crippen molar-refractivity contribution in [3.05, 3.63) is 17.0 Å². The number of hydrogen-bond acceptors (Lipinski definition) is 5. The van der Waals surface area contributed by atoms with Crippen molar-refractivity contribution >= 4 is 34.1 Å². The highest BCUT2D eigenvalue weighted by atomic mass is 32.1. The monoisotopic (exact) mass is 300 g/mol. The maximum atomic E-state index is 11.8. The quantitative estimate of drug-likeness (QED) is 0.616. The van der Waals surface area contributed by atoms with Gasteiger partial charge in [0.25, 0.3) is 5.91 Å². The van der Waals surface area contributed by atoms with Crippen LogP contribution in [0.5, 0.6) is 0 Å². The summed E-state index contributed by atoms with van der Waals surface area (Å²) in [6.45, 7) is 2.52. The third-order valence-corrected chi connectivity index (χ3v) is 3.29. The van der Waals surface area contributed by atoms with Crippen LogP contribution in [0.3, 0.4) is 0 Å². The van der Waals surface area contributed by atoms with E-state index in [-0.39, 0.29) is 12.5 Å². The Morgan fingerprint density at radius 1 is 1.35 bits per heavy atom. The number of carbonyl (C=O) groups excluding carboxylic acids is 2. The zero-order chi connectivity index (χ0) is 15.3. The number of aliphatic carboxylic acids is 1. The molecule has 4 N–H and O–H groups in total. The third kappa shape index (κ3) is 5.37. The van der Waals surface area contributed by atoms with E-state index >= 15 is 0 Å². The highest BCUT2D eigenvalue weighted by molar-refractivity contribution is 7.18. The smallest absolute Gasteiger partial charge is 0.306 e. The van der Waals surface area contributed by atoms with Crippen molar-refractivity contribution in [2.45, 2.75) is 25.9 Å². The van der Waals surface area contributed by atoms with Gasteiger partial charge in [0.05, 0.1) is 21.9 Å². The van der Waals surface area contributed by atoms with Crippen molar-refractivity contribution in [1.29, 1.82) is 0 Å². The summed E-state index contributed by atoms with van der Waals surface area (Å²) in [5, 5.41) is 23.9. The normalized spacial score (nSPS) is 13.3. The second-order valence-electron chi connectivity index (χ2n) is 4.60. The SMILES string of the molecule is CC(=O)Nc1ccc(C(=O)NCC(C)(O)CC(=O)O)s1. The molecule has 20 heavy (non-hydrogen) atoms. The van der Waals surface area contributed by atoms with E-state index in [2.05, 4.69) is 10.6 Å². The molecule has 0 aliphatic heterocycles. The lowest BCUT2D eigenvalue weighted by Gasteiger charge is -2.21. The molecule has 0 saturated carbocycles. The number of thiophene rings is 1. The van der Waals surface area contributed by atoms with Gasteiger partial charge in [0.2, 0.25) is 5.91 Å². The van der Waals surface area contributed by atoms with Gasteiger partial charge in [-0.2, -0.15) is 0 Å². The Morgan fingerprint density at radius 2 is 2.00 bits per heavy atom. The number of aliphatic hydroxyl groups is 1. The lowest BCUT2D eigenvalue weighted by molar-refractivity contribution is -0.141.